The van der Waals surface area contributed by atoms with E-state index in [0.717, 1.165) is 30.2 Å². The average molecular weight is 255 g/mol. The largest absolute Gasteiger partial charge is 0.396 e. The quantitative estimate of drug-likeness (QED) is 0.865. The Morgan fingerprint density at radius 2 is 2.35 bits per heavy atom. The minimum absolute atomic E-state index is 0.232. The molecule has 1 aliphatic rings. The van der Waals surface area contributed by atoms with Gasteiger partial charge in [-0.05, 0) is 31.5 Å². The van der Waals surface area contributed by atoms with Crippen molar-refractivity contribution in [3.63, 3.8) is 0 Å². The molecule has 0 aromatic heterocycles. The molecule has 0 saturated carbocycles. The molecule has 0 aliphatic carbocycles. The van der Waals surface area contributed by atoms with Crippen molar-refractivity contribution >= 4 is 17.3 Å². The molecular weight excluding hydrogens is 236 g/mol. The van der Waals surface area contributed by atoms with Crippen LogP contribution in [0, 0.1) is 0 Å². The number of aliphatic hydroxyl groups excluding tert-OH is 1. The Kier molecular flexibility index (Phi) is 4.26. The fraction of sp³-hybridized carbons (Fsp3) is 0.538. The van der Waals surface area contributed by atoms with Gasteiger partial charge >= 0.3 is 0 Å². The Hall–Kier alpha value is -0.770. The van der Waals surface area contributed by atoms with Gasteiger partial charge in [0.05, 0.1) is 0 Å². The standard InChI is InChI=1S/C13H19ClN2O/c1-10-8-15-12(5-6-17)9-16(10)13-4-2-3-11(14)7-13/h2-4,7,10,12,15,17H,5-6,8-9H2,1H3. The molecule has 0 radical (unpaired) electrons. The summed E-state index contributed by atoms with van der Waals surface area (Å²) in [4.78, 5) is 2.35. The maximum absolute atomic E-state index is 9.01. The Morgan fingerprint density at radius 3 is 3.06 bits per heavy atom. The first-order valence-electron chi connectivity index (χ1n) is 6.07. The molecule has 0 spiro atoms. The molecule has 2 unspecified atom stereocenters. The molecule has 1 aromatic rings. The molecule has 1 heterocycles. The molecule has 1 fully saturated rings. The molecule has 2 N–H and O–H groups in total. The molecule has 1 aliphatic heterocycles. The highest BCUT2D eigenvalue weighted by atomic mass is 35.5. The van der Waals surface area contributed by atoms with Gasteiger partial charge in [-0.15, -0.1) is 0 Å². The van der Waals surface area contributed by atoms with Gasteiger partial charge < -0.3 is 15.3 Å². The number of hydrogen-bond acceptors (Lipinski definition) is 3. The number of rotatable bonds is 3. The topological polar surface area (TPSA) is 35.5 Å². The molecule has 1 aromatic carbocycles. The fourth-order valence-corrected chi connectivity index (χ4v) is 2.48. The SMILES string of the molecule is CC1CNC(CCO)CN1c1cccc(Cl)c1. The lowest BCUT2D eigenvalue weighted by molar-refractivity contribution is 0.255. The van der Waals surface area contributed by atoms with Crippen molar-refractivity contribution in [2.45, 2.75) is 25.4 Å². The molecule has 0 bridgehead atoms. The van der Waals surface area contributed by atoms with Crippen LogP contribution in [0.15, 0.2) is 24.3 Å². The summed E-state index contributed by atoms with van der Waals surface area (Å²) in [5.74, 6) is 0. The fourth-order valence-electron chi connectivity index (χ4n) is 2.29. The maximum atomic E-state index is 9.01. The van der Waals surface area contributed by atoms with Gasteiger partial charge in [0.15, 0.2) is 0 Å². The van der Waals surface area contributed by atoms with Crippen molar-refractivity contribution in [2.24, 2.45) is 0 Å². The Balaban J connectivity index is 2.12. The van der Waals surface area contributed by atoms with E-state index in [1.165, 1.54) is 0 Å². The van der Waals surface area contributed by atoms with Crippen LogP contribution in [0.25, 0.3) is 0 Å². The van der Waals surface area contributed by atoms with Crippen LogP contribution in [0.1, 0.15) is 13.3 Å². The third kappa shape index (κ3) is 3.12. The second-order valence-corrected chi connectivity index (χ2v) is 5.04. The summed E-state index contributed by atoms with van der Waals surface area (Å²) in [5.41, 5.74) is 1.16. The first kappa shape index (κ1) is 12.7. The van der Waals surface area contributed by atoms with Crippen molar-refractivity contribution in [1.82, 2.24) is 5.32 Å². The van der Waals surface area contributed by atoms with Crippen molar-refractivity contribution in [2.75, 3.05) is 24.6 Å². The van der Waals surface area contributed by atoms with E-state index in [1.807, 2.05) is 18.2 Å². The van der Waals surface area contributed by atoms with E-state index in [-0.39, 0.29) is 6.61 Å². The van der Waals surface area contributed by atoms with Crippen LogP contribution in [0.2, 0.25) is 5.02 Å². The van der Waals surface area contributed by atoms with Gasteiger partial charge in [-0.2, -0.15) is 0 Å². The highest BCUT2D eigenvalue weighted by Gasteiger charge is 2.24. The molecule has 94 valence electrons. The number of nitrogens with one attached hydrogen (secondary N) is 1. The van der Waals surface area contributed by atoms with Crippen LogP contribution in [-0.4, -0.2) is 36.9 Å². The molecule has 2 atom stereocenters. The van der Waals surface area contributed by atoms with Crippen LogP contribution in [0.3, 0.4) is 0 Å². The van der Waals surface area contributed by atoms with Crippen molar-refractivity contribution < 1.29 is 5.11 Å². The zero-order valence-corrected chi connectivity index (χ0v) is 10.8. The van der Waals surface area contributed by atoms with Crippen molar-refractivity contribution in [3.05, 3.63) is 29.3 Å². The third-order valence-electron chi connectivity index (χ3n) is 3.27. The van der Waals surface area contributed by atoms with E-state index >= 15 is 0 Å². The zero-order valence-electron chi connectivity index (χ0n) is 10.1. The lowest BCUT2D eigenvalue weighted by Gasteiger charge is -2.40. The lowest BCUT2D eigenvalue weighted by atomic mass is 10.1. The van der Waals surface area contributed by atoms with Gasteiger partial charge in [-0.25, -0.2) is 0 Å². The predicted octanol–water partition coefficient (Wildman–Crippen LogP) is 1.89. The van der Waals surface area contributed by atoms with E-state index in [1.54, 1.807) is 0 Å². The second-order valence-electron chi connectivity index (χ2n) is 4.60. The van der Waals surface area contributed by atoms with Gasteiger partial charge in [0.1, 0.15) is 0 Å². The second kappa shape index (κ2) is 5.71. The summed E-state index contributed by atoms with van der Waals surface area (Å²) in [6.07, 6.45) is 0.795. The molecule has 2 rings (SSSR count). The van der Waals surface area contributed by atoms with Gasteiger partial charge in [0.2, 0.25) is 0 Å². The van der Waals surface area contributed by atoms with Gasteiger partial charge in [0.25, 0.3) is 0 Å². The van der Waals surface area contributed by atoms with Crippen LogP contribution >= 0.6 is 11.6 Å². The number of nitrogens with zero attached hydrogens (tertiary/aromatic N) is 1. The van der Waals surface area contributed by atoms with E-state index in [2.05, 4.69) is 23.2 Å². The first-order chi connectivity index (χ1) is 8.20. The zero-order chi connectivity index (χ0) is 12.3. The van der Waals surface area contributed by atoms with E-state index in [4.69, 9.17) is 16.7 Å². The number of halogens is 1. The number of aliphatic hydroxyl groups is 1. The Bertz CT molecular complexity index is 372. The molecule has 17 heavy (non-hydrogen) atoms. The monoisotopic (exact) mass is 254 g/mol. The number of piperazine rings is 1. The molecule has 4 heteroatoms. The predicted molar refractivity (Wildman–Crippen MR) is 71.8 cm³/mol. The summed E-state index contributed by atoms with van der Waals surface area (Å²) >= 11 is 6.03. The van der Waals surface area contributed by atoms with Gasteiger partial charge in [-0.3, -0.25) is 0 Å². The minimum atomic E-state index is 0.232. The molecule has 0 amide bonds. The van der Waals surface area contributed by atoms with E-state index in [0.29, 0.717) is 12.1 Å². The summed E-state index contributed by atoms with van der Waals surface area (Å²) in [6, 6.07) is 8.76. The highest BCUT2D eigenvalue weighted by molar-refractivity contribution is 6.30. The van der Waals surface area contributed by atoms with E-state index in [9.17, 15) is 0 Å². The van der Waals surface area contributed by atoms with Crippen LogP contribution < -0.4 is 10.2 Å². The summed E-state index contributed by atoms with van der Waals surface area (Å²) < 4.78 is 0. The van der Waals surface area contributed by atoms with E-state index < -0.39 is 0 Å². The first-order valence-corrected chi connectivity index (χ1v) is 6.45. The number of benzene rings is 1. The maximum Gasteiger partial charge on any atom is 0.0446 e. The van der Waals surface area contributed by atoms with Crippen LogP contribution in [-0.2, 0) is 0 Å². The minimum Gasteiger partial charge on any atom is -0.396 e. The number of hydrogen-bond donors (Lipinski definition) is 2. The summed E-state index contributed by atoms with van der Waals surface area (Å²) in [6.45, 7) is 4.29. The van der Waals surface area contributed by atoms with Crippen LogP contribution in [0.5, 0.6) is 0 Å². The Labute approximate surface area is 107 Å². The molecule has 1 saturated heterocycles. The van der Waals surface area contributed by atoms with Gasteiger partial charge in [-0.1, -0.05) is 17.7 Å². The Morgan fingerprint density at radius 1 is 1.53 bits per heavy atom. The third-order valence-corrected chi connectivity index (χ3v) is 3.50. The average Bonchev–Trinajstić information content (AvgIpc) is 2.32. The van der Waals surface area contributed by atoms with Crippen molar-refractivity contribution in [1.29, 1.82) is 0 Å². The molecular formula is C13H19ClN2O. The number of anilines is 1. The summed E-state index contributed by atoms with van der Waals surface area (Å²) in [5, 5.41) is 13.2. The van der Waals surface area contributed by atoms with Crippen molar-refractivity contribution in [3.8, 4) is 0 Å². The molecule has 3 nitrogen and oxygen atoms in total. The van der Waals surface area contributed by atoms with Gasteiger partial charge in [0, 0.05) is 42.5 Å². The van der Waals surface area contributed by atoms with Crippen LogP contribution in [0.4, 0.5) is 5.69 Å². The highest BCUT2D eigenvalue weighted by Crippen LogP contribution is 2.23. The summed E-state index contributed by atoms with van der Waals surface area (Å²) in [7, 11) is 0. The normalized spacial score (nSPS) is 25.0. The lowest BCUT2D eigenvalue weighted by Crippen LogP contribution is -2.55. The smallest absolute Gasteiger partial charge is 0.0446 e.